The number of phenols is 1. The zero-order valence-corrected chi connectivity index (χ0v) is 10.3. The standard InChI is InChI=1S/C8H5I2NO/c9-7-5(3-4-11)1-2-6(12)8(7)10/h1-2,12H,3H2. The van der Waals surface area contributed by atoms with Crippen LogP contribution >= 0.6 is 45.2 Å². The molecule has 12 heavy (non-hydrogen) atoms. The monoisotopic (exact) mass is 385 g/mol. The average Bonchev–Trinajstić information content (AvgIpc) is 2.07. The Hall–Kier alpha value is -0.0300. The summed E-state index contributed by atoms with van der Waals surface area (Å²) in [5.74, 6) is 0.279. The number of halogens is 2. The summed E-state index contributed by atoms with van der Waals surface area (Å²) < 4.78 is 1.79. The summed E-state index contributed by atoms with van der Waals surface area (Å²) in [6, 6.07) is 5.48. The second-order valence-corrected chi connectivity index (χ2v) is 4.36. The Bertz CT molecular complexity index is 344. The van der Waals surface area contributed by atoms with Crippen molar-refractivity contribution in [1.29, 1.82) is 5.26 Å². The molecule has 0 atom stereocenters. The summed E-state index contributed by atoms with van der Waals surface area (Å²) in [7, 11) is 0. The maximum absolute atomic E-state index is 9.30. The number of benzene rings is 1. The van der Waals surface area contributed by atoms with Crippen molar-refractivity contribution in [3.05, 3.63) is 24.8 Å². The van der Waals surface area contributed by atoms with Gasteiger partial charge in [0.1, 0.15) is 5.75 Å². The van der Waals surface area contributed by atoms with Gasteiger partial charge in [0, 0.05) is 3.57 Å². The molecule has 0 heterocycles. The highest BCUT2D eigenvalue weighted by Gasteiger charge is 2.06. The number of rotatable bonds is 1. The summed E-state index contributed by atoms with van der Waals surface area (Å²) in [4.78, 5) is 0. The van der Waals surface area contributed by atoms with E-state index in [4.69, 9.17) is 5.26 Å². The molecule has 1 rings (SSSR count). The second-order valence-electron chi connectivity index (χ2n) is 2.21. The second kappa shape index (κ2) is 4.28. The first kappa shape index (κ1) is 10.1. The highest BCUT2D eigenvalue weighted by atomic mass is 127. The van der Waals surface area contributed by atoms with Crippen molar-refractivity contribution in [3.63, 3.8) is 0 Å². The summed E-state index contributed by atoms with van der Waals surface area (Å²) >= 11 is 4.20. The highest BCUT2D eigenvalue weighted by Crippen LogP contribution is 2.27. The van der Waals surface area contributed by atoms with Crippen LogP contribution in [0.5, 0.6) is 5.75 Å². The molecule has 1 aromatic rings. The first-order valence-electron chi connectivity index (χ1n) is 3.19. The molecular weight excluding hydrogens is 380 g/mol. The van der Waals surface area contributed by atoms with Gasteiger partial charge in [-0.3, -0.25) is 0 Å². The predicted molar refractivity (Wildman–Crippen MR) is 62.9 cm³/mol. The van der Waals surface area contributed by atoms with Crippen LogP contribution in [-0.4, -0.2) is 5.11 Å². The van der Waals surface area contributed by atoms with E-state index < -0.39 is 0 Å². The fraction of sp³-hybridized carbons (Fsp3) is 0.125. The summed E-state index contributed by atoms with van der Waals surface area (Å²) in [6.07, 6.45) is 0.397. The Labute approximate surface area is 97.9 Å². The van der Waals surface area contributed by atoms with E-state index in [1.807, 2.05) is 0 Å². The normalized spacial score (nSPS) is 9.42. The molecular formula is C8H5I2NO. The Morgan fingerprint density at radius 2 is 2.00 bits per heavy atom. The van der Waals surface area contributed by atoms with Crippen LogP contribution in [0.4, 0.5) is 0 Å². The number of aromatic hydroxyl groups is 1. The minimum atomic E-state index is 0.279. The zero-order valence-electron chi connectivity index (χ0n) is 6.01. The van der Waals surface area contributed by atoms with Crippen molar-refractivity contribution >= 4 is 45.2 Å². The van der Waals surface area contributed by atoms with Crippen molar-refractivity contribution in [2.24, 2.45) is 0 Å². The molecule has 0 saturated carbocycles. The predicted octanol–water partition coefficient (Wildman–Crippen LogP) is 2.67. The molecule has 0 aliphatic carbocycles. The lowest BCUT2D eigenvalue weighted by molar-refractivity contribution is 0.470. The third-order valence-electron chi connectivity index (χ3n) is 1.41. The van der Waals surface area contributed by atoms with Gasteiger partial charge in [-0.05, 0) is 56.8 Å². The fourth-order valence-electron chi connectivity index (χ4n) is 0.801. The molecule has 0 unspecified atom stereocenters. The Morgan fingerprint density at radius 1 is 1.33 bits per heavy atom. The van der Waals surface area contributed by atoms with Gasteiger partial charge in [-0.2, -0.15) is 5.26 Å². The van der Waals surface area contributed by atoms with Gasteiger partial charge in [0.05, 0.1) is 16.1 Å². The van der Waals surface area contributed by atoms with Crippen molar-refractivity contribution in [2.45, 2.75) is 6.42 Å². The molecule has 0 bridgehead atoms. The SMILES string of the molecule is N#CCc1ccc(O)c(I)c1I. The Morgan fingerprint density at radius 3 is 2.58 bits per heavy atom. The minimum Gasteiger partial charge on any atom is -0.507 e. The number of nitriles is 1. The number of nitrogens with zero attached hydrogens (tertiary/aromatic N) is 1. The quantitative estimate of drug-likeness (QED) is 0.756. The van der Waals surface area contributed by atoms with Gasteiger partial charge in [0.2, 0.25) is 0 Å². The summed E-state index contributed by atoms with van der Waals surface area (Å²) in [5.41, 5.74) is 0.973. The van der Waals surface area contributed by atoms with Crippen molar-refractivity contribution in [2.75, 3.05) is 0 Å². The van der Waals surface area contributed by atoms with E-state index >= 15 is 0 Å². The van der Waals surface area contributed by atoms with Crippen LogP contribution in [0.2, 0.25) is 0 Å². The van der Waals surface area contributed by atoms with E-state index in [1.165, 1.54) is 0 Å². The molecule has 0 aliphatic rings. The van der Waals surface area contributed by atoms with E-state index in [9.17, 15) is 5.11 Å². The van der Waals surface area contributed by atoms with Gasteiger partial charge in [-0.25, -0.2) is 0 Å². The van der Waals surface area contributed by atoms with Gasteiger partial charge in [-0.15, -0.1) is 0 Å². The van der Waals surface area contributed by atoms with Gasteiger partial charge in [0.25, 0.3) is 0 Å². The lowest BCUT2D eigenvalue weighted by atomic mass is 10.2. The van der Waals surface area contributed by atoms with Gasteiger partial charge in [0.15, 0.2) is 0 Å². The molecule has 0 radical (unpaired) electrons. The average molecular weight is 385 g/mol. The first-order chi connectivity index (χ1) is 5.66. The van der Waals surface area contributed by atoms with E-state index in [0.717, 1.165) is 12.7 Å². The minimum absolute atomic E-state index is 0.279. The molecule has 0 amide bonds. The largest absolute Gasteiger partial charge is 0.507 e. The molecule has 0 fully saturated rings. The van der Waals surface area contributed by atoms with E-state index in [0.29, 0.717) is 6.42 Å². The van der Waals surface area contributed by atoms with Crippen molar-refractivity contribution in [1.82, 2.24) is 0 Å². The van der Waals surface area contributed by atoms with Crippen LogP contribution in [-0.2, 0) is 6.42 Å². The lowest BCUT2D eigenvalue weighted by Crippen LogP contribution is -1.90. The Balaban J connectivity index is 3.19. The van der Waals surface area contributed by atoms with Crippen molar-refractivity contribution in [3.8, 4) is 11.8 Å². The summed E-state index contributed by atoms with van der Waals surface area (Å²) in [5, 5.41) is 17.8. The van der Waals surface area contributed by atoms with Gasteiger partial charge < -0.3 is 5.11 Å². The van der Waals surface area contributed by atoms with Crippen LogP contribution in [0.25, 0.3) is 0 Å². The molecule has 62 valence electrons. The maximum Gasteiger partial charge on any atom is 0.129 e. The smallest absolute Gasteiger partial charge is 0.129 e. The number of phenolic OH excluding ortho intramolecular Hbond substituents is 1. The number of hydrogen-bond donors (Lipinski definition) is 1. The molecule has 4 heteroatoms. The fourth-order valence-corrected chi connectivity index (χ4v) is 1.97. The van der Waals surface area contributed by atoms with E-state index in [1.54, 1.807) is 12.1 Å². The first-order valence-corrected chi connectivity index (χ1v) is 5.35. The molecule has 1 aromatic carbocycles. The molecule has 1 N–H and O–H groups in total. The van der Waals surface area contributed by atoms with Crippen LogP contribution in [0.15, 0.2) is 12.1 Å². The third-order valence-corrected chi connectivity index (χ3v) is 4.77. The van der Waals surface area contributed by atoms with Gasteiger partial charge >= 0.3 is 0 Å². The highest BCUT2D eigenvalue weighted by molar-refractivity contribution is 14.1. The molecule has 0 aromatic heterocycles. The molecule has 0 saturated heterocycles. The van der Waals surface area contributed by atoms with E-state index in [2.05, 4.69) is 51.3 Å². The summed E-state index contributed by atoms with van der Waals surface area (Å²) in [6.45, 7) is 0. The Kier molecular flexibility index (Phi) is 3.58. The van der Waals surface area contributed by atoms with Gasteiger partial charge in [-0.1, -0.05) is 6.07 Å². The van der Waals surface area contributed by atoms with Crippen LogP contribution < -0.4 is 0 Å². The molecule has 0 spiro atoms. The topological polar surface area (TPSA) is 44.0 Å². The van der Waals surface area contributed by atoms with Crippen LogP contribution in [0.1, 0.15) is 5.56 Å². The van der Waals surface area contributed by atoms with Crippen LogP contribution in [0.3, 0.4) is 0 Å². The van der Waals surface area contributed by atoms with Crippen LogP contribution in [0, 0.1) is 18.5 Å². The number of hydrogen-bond acceptors (Lipinski definition) is 2. The third kappa shape index (κ3) is 2.01. The molecule has 0 aliphatic heterocycles. The lowest BCUT2D eigenvalue weighted by Gasteiger charge is -2.03. The maximum atomic E-state index is 9.30. The zero-order chi connectivity index (χ0) is 9.14. The van der Waals surface area contributed by atoms with Crippen molar-refractivity contribution < 1.29 is 5.11 Å². The molecule has 2 nitrogen and oxygen atoms in total. The van der Waals surface area contributed by atoms with E-state index in [-0.39, 0.29) is 5.75 Å².